The van der Waals surface area contributed by atoms with E-state index in [0.29, 0.717) is 11.3 Å². The molecule has 3 rings (SSSR count). The smallest absolute Gasteiger partial charge is 0.337 e. The van der Waals surface area contributed by atoms with Crippen LogP contribution in [0.4, 0.5) is 5.69 Å². The van der Waals surface area contributed by atoms with E-state index in [1.807, 2.05) is 18.2 Å². The average Bonchev–Trinajstić information content (AvgIpc) is 2.66. The van der Waals surface area contributed by atoms with Crippen molar-refractivity contribution in [1.82, 2.24) is 5.32 Å². The minimum absolute atomic E-state index is 0.0647. The molecule has 2 N–H and O–H groups in total. The third-order valence-corrected chi connectivity index (χ3v) is 4.44. The molecule has 1 aliphatic carbocycles. The number of fused-ring (bicyclic) bond motifs is 1. The fraction of sp³-hybridized carbons (Fsp3) is 0.300. The van der Waals surface area contributed by atoms with Gasteiger partial charge in [0.15, 0.2) is 0 Å². The van der Waals surface area contributed by atoms with Crippen LogP contribution in [0.2, 0.25) is 0 Å². The van der Waals surface area contributed by atoms with Gasteiger partial charge in [-0.3, -0.25) is 4.79 Å². The predicted molar refractivity (Wildman–Crippen MR) is 96.5 cm³/mol. The Bertz CT molecular complexity index is 773. The van der Waals surface area contributed by atoms with Gasteiger partial charge in [0.25, 0.3) is 0 Å². The van der Waals surface area contributed by atoms with Gasteiger partial charge < -0.3 is 15.4 Å². The normalized spacial score (nSPS) is 15.8. The van der Waals surface area contributed by atoms with E-state index in [1.54, 1.807) is 18.2 Å². The molecule has 0 aliphatic heterocycles. The van der Waals surface area contributed by atoms with Gasteiger partial charge in [-0.1, -0.05) is 30.3 Å². The van der Waals surface area contributed by atoms with Crippen LogP contribution in [0.5, 0.6) is 0 Å². The number of aryl methyl sites for hydroxylation is 1. The van der Waals surface area contributed by atoms with E-state index in [1.165, 1.54) is 18.2 Å². The number of hydrogen-bond donors (Lipinski definition) is 2. The Balaban J connectivity index is 1.58. The van der Waals surface area contributed by atoms with E-state index in [-0.39, 0.29) is 18.5 Å². The standard InChI is InChI=1S/C20H22N2O3/c1-25-20(24)15-8-4-9-16(12-15)21-13-19(23)22-18-11-5-7-14-6-2-3-10-17(14)18/h2-4,6,8-10,12,18,21H,5,7,11,13H2,1H3,(H,22,23)/t18-/m1/s1. The third-order valence-electron chi connectivity index (χ3n) is 4.44. The second-order valence-corrected chi connectivity index (χ2v) is 6.14. The Morgan fingerprint density at radius 1 is 1.16 bits per heavy atom. The molecule has 0 saturated heterocycles. The molecule has 0 fully saturated rings. The van der Waals surface area contributed by atoms with Gasteiger partial charge in [-0.05, 0) is 48.6 Å². The Kier molecular flexibility index (Phi) is 5.33. The molecule has 0 radical (unpaired) electrons. The van der Waals surface area contributed by atoms with Crippen LogP contribution >= 0.6 is 0 Å². The molecule has 25 heavy (non-hydrogen) atoms. The van der Waals surface area contributed by atoms with Crippen LogP contribution in [-0.2, 0) is 16.0 Å². The second-order valence-electron chi connectivity index (χ2n) is 6.14. The summed E-state index contributed by atoms with van der Waals surface area (Å²) in [5.41, 5.74) is 3.70. The molecular weight excluding hydrogens is 316 g/mol. The van der Waals surface area contributed by atoms with Crippen molar-refractivity contribution in [2.75, 3.05) is 19.0 Å². The van der Waals surface area contributed by atoms with Gasteiger partial charge in [-0.15, -0.1) is 0 Å². The zero-order chi connectivity index (χ0) is 17.6. The highest BCUT2D eigenvalue weighted by Crippen LogP contribution is 2.29. The predicted octanol–water partition coefficient (Wildman–Crippen LogP) is 3.08. The number of anilines is 1. The van der Waals surface area contributed by atoms with E-state index in [2.05, 4.69) is 22.8 Å². The molecule has 0 heterocycles. The lowest BCUT2D eigenvalue weighted by atomic mass is 9.88. The number of benzene rings is 2. The minimum atomic E-state index is -0.396. The largest absolute Gasteiger partial charge is 0.465 e. The molecule has 5 nitrogen and oxygen atoms in total. The van der Waals surface area contributed by atoms with Crippen LogP contribution in [-0.4, -0.2) is 25.5 Å². The number of nitrogens with one attached hydrogen (secondary N) is 2. The highest BCUT2D eigenvalue weighted by molar-refractivity contribution is 5.90. The maximum atomic E-state index is 12.3. The third kappa shape index (κ3) is 4.18. The van der Waals surface area contributed by atoms with Crippen LogP contribution in [0.15, 0.2) is 48.5 Å². The van der Waals surface area contributed by atoms with E-state index in [0.717, 1.165) is 19.3 Å². The minimum Gasteiger partial charge on any atom is -0.465 e. The second kappa shape index (κ2) is 7.83. The number of amides is 1. The number of carbonyl (C=O) groups excluding carboxylic acids is 2. The zero-order valence-electron chi connectivity index (χ0n) is 14.2. The molecule has 0 unspecified atom stereocenters. The Labute approximate surface area is 147 Å². The van der Waals surface area contributed by atoms with E-state index in [4.69, 9.17) is 4.74 Å². The number of esters is 1. The molecule has 0 saturated carbocycles. The molecule has 1 amide bonds. The van der Waals surface area contributed by atoms with Gasteiger partial charge in [0.05, 0.1) is 25.3 Å². The summed E-state index contributed by atoms with van der Waals surface area (Å²) in [4.78, 5) is 23.9. The van der Waals surface area contributed by atoms with Gasteiger partial charge in [-0.25, -0.2) is 4.79 Å². The number of methoxy groups -OCH3 is 1. The maximum absolute atomic E-state index is 12.3. The van der Waals surface area contributed by atoms with Gasteiger partial charge in [-0.2, -0.15) is 0 Å². The van der Waals surface area contributed by atoms with Crippen molar-refractivity contribution in [3.8, 4) is 0 Å². The van der Waals surface area contributed by atoms with Crippen molar-refractivity contribution >= 4 is 17.6 Å². The highest BCUT2D eigenvalue weighted by atomic mass is 16.5. The topological polar surface area (TPSA) is 67.4 Å². The summed E-state index contributed by atoms with van der Waals surface area (Å²) in [6.07, 6.45) is 3.11. The first kappa shape index (κ1) is 17.0. The Hall–Kier alpha value is -2.82. The summed E-state index contributed by atoms with van der Waals surface area (Å²) in [7, 11) is 1.35. The van der Waals surface area contributed by atoms with Gasteiger partial charge in [0.2, 0.25) is 5.91 Å². The summed E-state index contributed by atoms with van der Waals surface area (Å²) in [6, 6.07) is 15.3. The van der Waals surface area contributed by atoms with Gasteiger partial charge in [0.1, 0.15) is 0 Å². The van der Waals surface area contributed by atoms with Crippen LogP contribution < -0.4 is 10.6 Å². The average molecular weight is 338 g/mol. The fourth-order valence-electron chi connectivity index (χ4n) is 3.21. The molecule has 0 aromatic heterocycles. The number of hydrogen-bond acceptors (Lipinski definition) is 4. The SMILES string of the molecule is COC(=O)c1cccc(NCC(=O)N[C@@H]2CCCc3ccccc32)c1. The first-order chi connectivity index (χ1) is 12.2. The first-order valence-electron chi connectivity index (χ1n) is 8.47. The Morgan fingerprint density at radius 3 is 2.84 bits per heavy atom. The lowest BCUT2D eigenvalue weighted by Crippen LogP contribution is -2.35. The quantitative estimate of drug-likeness (QED) is 0.822. The van der Waals surface area contributed by atoms with Crippen molar-refractivity contribution in [3.05, 3.63) is 65.2 Å². The molecule has 0 bridgehead atoms. The van der Waals surface area contributed by atoms with Crippen molar-refractivity contribution in [2.24, 2.45) is 0 Å². The lowest BCUT2D eigenvalue weighted by Gasteiger charge is -2.26. The van der Waals surface area contributed by atoms with E-state index in [9.17, 15) is 9.59 Å². The Morgan fingerprint density at radius 2 is 2.00 bits per heavy atom. The maximum Gasteiger partial charge on any atom is 0.337 e. The summed E-state index contributed by atoms with van der Waals surface area (Å²) >= 11 is 0. The van der Waals surface area contributed by atoms with Crippen LogP contribution in [0.25, 0.3) is 0 Å². The molecule has 5 heteroatoms. The lowest BCUT2D eigenvalue weighted by molar-refractivity contribution is -0.120. The van der Waals surface area contributed by atoms with Crippen LogP contribution in [0.1, 0.15) is 40.4 Å². The molecule has 1 atom stereocenters. The summed E-state index contributed by atoms with van der Waals surface area (Å²) in [6.45, 7) is 0.156. The van der Waals surface area contributed by atoms with Crippen molar-refractivity contribution in [1.29, 1.82) is 0 Å². The van der Waals surface area contributed by atoms with Gasteiger partial charge >= 0.3 is 5.97 Å². The summed E-state index contributed by atoms with van der Waals surface area (Å²) in [5.74, 6) is -0.461. The zero-order valence-corrected chi connectivity index (χ0v) is 14.2. The fourth-order valence-corrected chi connectivity index (χ4v) is 3.21. The number of ether oxygens (including phenoxy) is 1. The molecule has 2 aromatic rings. The number of carbonyl (C=O) groups is 2. The van der Waals surface area contributed by atoms with Gasteiger partial charge in [0, 0.05) is 5.69 Å². The summed E-state index contributed by atoms with van der Waals surface area (Å²) in [5, 5.41) is 6.16. The number of rotatable bonds is 5. The van der Waals surface area contributed by atoms with E-state index < -0.39 is 5.97 Å². The summed E-state index contributed by atoms with van der Waals surface area (Å²) < 4.78 is 4.70. The molecule has 130 valence electrons. The van der Waals surface area contributed by atoms with Crippen molar-refractivity contribution < 1.29 is 14.3 Å². The van der Waals surface area contributed by atoms with E-state index >= 15 is 0 Å². The van der Waals surface area contributed by atoms with Crippen molar-refractivity contribution in [2.45, 2.75) is 25.3 Å². The van der Waals surface area contributed by atoms with Crippen LogP contribution in [0, 0.1) is 0 Å². The first-order valence-corrected chi connectivity index (χ1v) is 8.47. The molecule has 2 aromatic carbocycles. The molecular formula is C20H22N2O3. The highest BCUT2D eigenvalue weighted by Gasteiger charge is 2.21. The molecule has 0 spiro atoms. The van der Waals surface area contributed by atoms with Crippen molar-refractivity contribution in [3.63, 3.8) is 0 Å². The van der Waals surface area contributed by atoms with Crippen LogP contribution in [0.3, 0.4) is 0 Å². The monoisotopic (exact) mass is 338 g/mol. The molecule has 1 aliphatic rings.